The van der Waals surface area contributed by atoms with Crippen molar-refractivity contribution >= 4 is 11.9 Å². The van der Waals surface area contributed by atoms with Crippen LogP contribution in [0.15, 0.2) is 24.5 Å². The Kier molecular flexibility index (Phi) is 5.99. The molecule has 0 aliphatic carbocycles. The van der Waals surface area contributed by atoms with Gasteiger partial charge in [-0.15, -0.1) is 0 Å². The van der Waals surface area contributed by atoms with Crippen LogP contribution in [0.2, 0.25) is 0 Å². The molecule has 0 bridgehead atoms. The Balaban J connectivity index is 2.58. The van der Waals surface area contributed by atoms with Crippen LogP contribution in [-0.2, 0) is 20.7 Å². The zero-order chi connectivity index (χ0) is 14.3. The molecule has 0 aliphatic rings. The first-order chi connectivity index (χ1) is 9.04. The molecule has 1 aromatic heterocycles. The summed E-state index contributed by atoms with van der Waals surface area (Å²) in [5.74, 6) is -2.90. The van der Waals surface area contributed by atoms with E-state index in [0.29, 0.717) is 12.8 Å². The molecule has 1 aromatic rings. The van der Waals surface area contributed by atoms with Crippen molar-refractivity contribution in [2.45, 2.75) is 39.2 Å². The smallest absolute Gasteiger partial charge is 0.320 e. The summed E-state index contributed by atoms with van der Waals surface area (Å²) in [4.78, 5) is 26.8. The van der Waals surface area contributed by atoms with Crippen molar-refractivity contribution in [3.8, 4) is 0 Å². The number of aryl methyl sites for hydroxylation is 1. The van der Waals surface area contributed by atoms with Gasteiger partial charge >= 0.3 is 11.9 Å². The summed E-state index contributed by atoms with van der Waals surface area (Å²) in [6, 6.07) is 3.61. The number of pyridine rings is 1. The second kappa shape index (κ2) is 7.51. The van der Waals surface area contributed by atoms with Crippen LogP contribution >= 0.6 is 0 Å². The van der Waals surface area contributed by atoms with E-state index in [0.717, 1.165) is 5.56 Å². The summed E-state index contributed by atoms with van der Waals surface area (Å²) < 4.78 is 5.08. The molecule has 0 aliphatic heterocycles. The van der Waals surface area contributed by atoms with Gasteiger partial charge in [0, 0.05) is 12.4 Å². The van der Waals surface area contributed by atoms with Gasteiger partial charge in [-0.2, -0.15) is 0 Å². The van der Waals surface area contributed by atoms with E-state index in [4.69, 9.17) is 9.84 Å². The second-order valence-electron chi connectivity index (χ2n) is 4.44. The van der Waals surface area contributed by atoms with Gasteiger partial charge in [0.2, 0.25) is 0 Å². The number of aliphatic carboxylic acids is 1. The van der Waals surface area contributed by atoms with Crippen molar-refractivity contribution in [2.24, 2.45) is 5.92 Å². The summed E-state index contributed by atoms with van der Waals surface area (Å²) in [6.07, 6.45) is 4.44. The predicted octanol–water partition coefficient (Wildman–Crippen LogP) is 2.06. The maximum Gasteiger partial charge on any atom is 0.320 e. The Morgan fingerprint density at radius 2 is 2.00 bits per heavy atom. The van der Waals surface area contributed by atoms with E-state index in [1.165, 1.54) is 0 Å². The van der Waals surface area contributed by atoms with Crippen LogP contribution < -0.4 is 0 Å². The third-order valence-electron chi connectivity index (χ3n) is 2.95. The van der Waals surface area contributed by atoms with Gasteiger partial charge in [0.1, 0.15) is 0 Å². The Labute approximate surface area is 112 Å². The largest absolute Gasteiger partial charge is 0.481 e. The van der Waals surface area contributed by atoms with Crippen LogP contribution in [0.4, 0.5) is 0 Å². The van der Waals surface area contributed by atoms with E-state index in [1.807, 2.05) is 6.92 Å². The molecule has 5 nitrogen and oxygen atoms in total. The van der Waals surface area contributed by atoms with Crippen LogP contribution in [0.1, 0.15) is 32.3 Å². The maximum absolute atomic E-state index is 11.8. The molecule has 1 N–H and O–H groups in total. The quantitative estimate of drug-likeness (QED) is 0.603. The highest BCUT2D eigenvalue weighted by Gasteiger charge is 2.28. The number of carbonyl (C=O) groups is 2. The van der Waals surface area contributed by atoms with Crippen molar-refractivity contribution in [1.29, 1.82) is 0 Å². The van der Waals surface area contributed by atoms with Crippen LogP contribution in [0.5, 0.6) is 0 Å². The number of aromatic nitrogens is 1. The molecule has 1 heterocycles. The highest BCUT2D eigenvalue weighted by atomic mass is 16.5. The third kappa shape index (κ3) is 5.07. The molecule has 0 saturated heterocycles. The standard InChI is InChI=1S/C14H19NO4/c1-3-10(2)19-14(18)12(13(16)17)5-4-11-6-8-15-9-7-11/h6-10,12H,3-5H2,1-2H3,(H,16,17). The SMILES string of the molecule is CCC(C)OC(=O)C(CCc1ccncc1)C(=O)O. The van der Waals surface area contributed by atoms with Gasteiger partial charge in [-0.1, -0.05) is 6.92 Å². The normalized spacial score (nSPS) is 13.6. The fourth-order valence-electron chi connectivity index (χ4n) is 1.57. The first kappa shape index (κ1) is 15.1. The lowest BCUT2D eigenvalue weighted by Gasteiger charge is -2.15. The molecule has 2 atom stereocenters. The topological polar surface area (TPSA) is 76.5 Å². The number of carboxylic acids is 1. The first-order valence-corrected chi connectivity index (χ1v) is 6.36. The third-order valence-corrected chi connectivity index (χ3v) is 2.95. The summed E-state index contributed by atoms with van der Waals surface area (Å²) in [5.41, 5.74) is 0.956. The van der Waals surface area contributed by atoms with Crippen molar-refractivity contribution in [3.63, 3.8) is 0 Å². The summed E-state index contributed by atoms with van der Waals surface area (Å²) in [6.45, 7) is 3.63. The predicted molar refractivity (Wildman–Crippen MR) is 69.5 cm³/mol. The number of esters is 1. The molecule has 0 radical (unpaired) electrons. The lowest BCUT2D eigenvalue weighted by Crippen LogP contribution is -2.29. The van der Waals surface area contributed by atoms with Crippen molar-refractivity contribution in [2.75, 3.05) is 0 Å². The Bertz CT molecular complexity index is 419. The maximum atomic E-state index is 11.8. The van der Waals surface area contributed by atoms with Crippen molar-refractivity contribution in [3.05, 3.63) is 30.1 Å². The lowest BCUT2D eigenvalue weighted by molar-refractivity contribution is -0.162. The van der Waals surface area contributed by atoms with Crippen LogP contribution in [-0.4, -0.2) is 28.1 Å². The summed E-state index contributed by atoms with van der Waals surface area (Å²) >= 11 is 0. The van der Waals surface area contributed by atoms with Gasteiger partial charge in [0.25, 0.3) is 0 Å². The lowest BCUT2D eigenvalue weighted by atomic mass is 10.00. The number of nitrogens with zero attached hydrogens (tertiary/aromatic N) is 1. The van der Waals surface area contributed by atoms with Gasteiger partial charge < -0.3 is 9.84 Å². The fraction of sp³-hybridized carbons (Fsp3) is 0.500. The van der Waals surface area contributed by atoms with Crippen molar-refractivity contribution in [1.82, 2.24) is 4.98 Å². The Hall–Kier alpha value is -1.91. The first-order valence-electron chi connectivity index (χ1n) is 6.36. The van der Waals surface area contributed by atoms with E-state index in [2.05, 4.69) is 4.98 Å². The molecule has 19 heavy (non-hydrogen) atoms. The van der Waals surface area contributed by atoms with E-state index < -0.39 is 17.9 Å². The molecule has 0 saturated carbocycles. The van der Waals surface area contributed by atoms with Gasteiger partial charge in [-0.25, -0.2) is 0 Å². The molecule has 5 heteroatoms. The molecule has 104 valence electrons. The van der Waals surface area contributed by atoms with Gasteiger partial charge in [0.05, 0.1) is 6.10 Å². The summed E-state index contributed by atoms with van der Waals surface area (Å²) in [7, 11) is 0. The van der Waals surface area contributed by atoms with E-state index >= 15 is 0 Å². The minimum atomic E-state index is -1.14. The van der Waals surface area contributed by atoms with E-state index in [9.17, 15) is 9.59 Å². The highest BCUT2D eigenvalue weighted by molar-refractivity contribution is 5.93. The van der Waals surface area contributed by atoms with E-state index in [1.54, 1.807) is 31.5 Å². The molecule has 1 rings (SSSR count). The number of carboxylic acid groups (broad SMARTS) is 1. The van der Waals surface area contributed by atoms with Crippen LogP contribution in [0.25, 0.3) is 0 Å². The molecule has 0 spiro atoms. The second-order valence-corrected chi connectivity index (χ2v) is 4.44. The monoisotopic (exact) mass is 265 g/mol. The average Bonchev–Trinajstić information content (AvgIpc) is 2.39. The number of carbonyl (C=O) groups excluding carboxylic acids is 1. The zero-order valence-corrected chi connectivity index (χ0v) is 11.2. The number of rotatable bonds is 7. The number of hydrogen-bond acceptors (Lipinski definition) is 4. The van der Waals surface area contributed by atoms with E-state index in [-0.39, 0.29) is 12.5 Å². The van der Waals surface area contributed by atoms with Crippen molar-refractivity contribution < 1.29 is 19.4 Å². The number of ether oxygens (including phenoxy) is 1. The molecule has 0 fully saturated rings. The van der Waals surface area contributed by atoms with Gasteiger partial charge in [-0.3, -0.25) is 14.6 Å². The molecular weight excluding hydrogens is 246 g/mol. The Morgan fingerprint density at radius 1 is 1.37 bits per heavy atom. The minimum absolute atomic E-state index is 0.231. The molecule has 0 aromatic carbocycles. The molecule has 0 amide bonds. The fourth-order valence-corrected chi connectivity index (χ4v) is 1.57. The molecular formula is C14H19NO4. The zero-order valence-electron chi connectivity index (χ0n) is 11.2. The van der Waals surface area contributed by atoms with Crippen LogP contribution in [0, 0.1) is 5.92 Å². The van der Waals surface area contributed by atoms with Gasteiger partial charge in [-0.05, 0) is 43.9 Å². The highest BCUT2D eigenvalue weighted by Crippen LogP contribution is 2.13. The van der Waals surface area contributed by atoms with Gasteiger partial charge in [0.15, 0.2) is 5.92 Å². The number of hydrogen-bond donors (Lipinski definition) is 1. The molecule has 2 unspecified atom stereocenters. The minimum Gasteiger partial charge on any atom is -0.481 e. The Morgan fingerprint density at radius 3 is 2.53 bits per heavy atom. The van der Waals surface area contributed by atoms with Crippen LogP contribution in [0.3, 0.4) is 0 Å². The summed E-state index contributed by atoms with van der Waals surface area (Å²) in [5, 5.41) is 9.09. The average molecular weight is 265 g/mol.